The Hall–Kier alpha value is -1.66. The average molecular weight is 285 g/mol. The summed E-state index contributed by atoms with van der Waals surface area (Å²) in [6.45, 7) is 0.100. The van der Waals surface area contributed by atoms with Crippen molar-refractivity contribution in [2.75, 3.05) is 6.54 Å². The number of amides is 1. The lowest BCUT2D eigenvalue weighted by Gasteiger charge is -2.10. The van der Waals surface area contributed by atoms with Gasteiger partial charge in [-0.25, -0.2) is 0 Å². The van der Waals surface area contributed by atoms with Crippen molar-refractivity contribution in [1.82, 2.24) is 5.32 Å². The molecule has 1 atom stereocenters. The van der Waals surface area contributed by atoms with Crippen LogP contribution in [0, 0.1) is 16.0 Å². The lowest BCUT2D eigenvalue weighted by molar-refractivity contribution is -0.385. The van der Waals surface area contributed by atoms with E-state index in [1.54, 1.807) is 0 Å². The van der Waals surface area contributed by atoms with Crippen LogP contribution in [0.5, 0.6) is 0 Å². The Bertz CT molecular complexity index is 516. The first-order chi connectivity index (χ1) is 8.99. The van der Waals surface area contributed by atoms with Gasteiger partial charge >= 0.3 is 0 Å². The summed E-state index contributed by atoms with van der Waals surface area (Å²) >= 11 is 5.67. The normalized spacial score (nSPS) is 15.9. The summed E-state index contributed by atoms with van der Waals surface area (Å²) in [4.78, 5) is 22.1. The first kappa shape index (κ1) is 13.8. The van der Waals surface area contributed by atoms with Gasteiger partial charge in [0.1, 0.15) is 5.56 Å². The SMILES string of the molecule is O=C(NCC(O)C1CC1)c1ccc(Cl)cc1[N+](=O)[O-]. The second kappa shape index (κ2) is 5.54. The minimum absolute atomic E-state index is 0.0580. The van der Waals surface area contributed by atoms with E-state index in [0.717, 1.165) is 18.9 Å². The van der Waals surface area contributed by atoms with Crippen molar-refractivity contribution < 1.29 is 14.8 Å². The fourth-order valence-corrected chi connectivity index (χ4v) is 1.95. The van der Waals surface area contributed by atoms with Gasteiger partial charge in [-0.05, 0) is 30.9 Å². The Morgan fingerprint density at radius 1 is 1.58 bits per heavy atom. The monoisotopic (exact) mass is 284 g/mol. The van der Waals surface area contributed by atoms with Gasteiger partial charge in [-0.2, -0.15) is 0 Å². The van der Waals surface area contributed by atoms with Gasteiger partial charge in [-0.1, -0.05) is 11.6 Å². The minimum atomic E-state index is -0.655. The molecule has 1 saturated carbocycles. The van der Waals surface area contributed by atoms with Crippen molar-refractivity contribution in [1.29, 1.82) is 0 Å². The van der Waals surface area contributed by atoms with Crippen molar-refractivity contribution >= 4 is 23.2 Å². The van der Waals surface area contributed by atoms with Crippen molar-refractivity contribution in [2.24, 2.45) is 5.92 Å². The predicted molar refractivity (Wildman–Crippen MR) is 69.2 cm³/mol. The maximum atomic E-state index is 11.9. The molecule has 102 valence electrons. The number of halogens is 1. The summed E-state index contributed by atoms with van der Waals surface area (Å²) in [5.41, 5.74) is -0.400. The summed E-state index contributed by atoms with van der Waals surface area (Å²) in [6, 6.07) is 3.86. The molecule has 0 heterocycles. The molecule has 1 amide bonds. The maximum absolute atomic E-state index is 11.9. The van der Waals surface area contributed by atoms with E-state index in [0.29, 0.717) is 0 Å². The number of carbonyl (C=O) groups excluding carboxylic acids is 1. The van der Waals surface area contributed by atoms with Gasteiger partial charge < -0.3 is 10.4 Å². The Morgan fingerprint density at radius 3 is 2.84 bits per heavy atom. The number of nitrogens with zero attached hydrogens (tertiary/aromatic N) is 1. The number of nitro groups is 1. The first-order valence-electron chi connectivity index (χ1n) is 5.89. The van der Waals surface area contributed by atoms with E-state index in [1.807, 2.05) is 0 Å². The van der Waals surface area contributed by atoms with Crippen LogP contribution >= 0.6 is 11.6 Å². The number of rotatable bonds is 5. The Balaban J connectivity index is 2.07. The van der Waals surface area contributed by atoms with E-state index in [-0.39, 0.29) is 28.7 Å². The third-order valence-electron chi connectivity index (χ3n) is 3.04. The Kier molecular flexibility index (Phi) is 4.01. The second-order valence-corrected chi connectivity index (χ2v) is 4.97. The number of nitrogens with one attached hydrogen (secondary N) is 1. The van der Waals surface area contributed by atoms with Gasteiger partial charge in [0.05, 0.1) is 11.0 Å². The van der Waals surface area contributed by atoms with E-state index in [9.17, 15) is 20.0 Å². The quantitative estimate of drug-likeness (QED) is 0.636. The first-order valence-corrected chi connectivity index (χ1v) is 6.27. The zero-order valence-electron chi connectivity index (χ0n) is 10.0. The van der Waals surface area contributed by atoms with Crippen LogP contribution in [0.15, 0.2) is 18.2 Å². The van der Waals surface area contributed by atoms with Crippen molar-refractivity contribution in [3.05, 3.63) is 38.9 Å². The third-order valence-corrected chi connectivity index (χ3v) is 3.27. The van der Waals surface area contributed by atoms with Crippen LogP contribution < -0.4 is 5.32 Å². The molecule has 19 heavy (non-hydrogen) atoms. The predicted octanol–water partition coefficient (Wildman–Crippen LogP) is 1.75. The molecule has 1 aromatic rings. The smallest absolute Gasteiger partial charge is 0.283 e. The molecule has 0 aromatic heterocycles. The fraction of sp³-hybridized carbons (Fsp3) is 0.417. The van der Waals surface area contributed by atoms with Crippen LogP contribution in [0.3, 0.4) is 0 Å². The Labute approximate surface area is 114 Å². The molecular weight excluding hydrogens is 272 g/mol. The molecule has 0 aliphatic heterocycles. The number of benzene rings is 1. The summed E-state index contributed by atoms with van der Waals surface area (Å²) in [7, 11) is 0. The van der Waals surface area contributed by atoms with Crippen molar-refractivity contribution in [3.8, 4) is 0 Å². The Morgan fingerprint density at radius 2 is 2.26 bits per heavy atom. The topological polar surface area (TPSA) is 92.5 Å². The highest BCUT2D eigenvalue weighted by Crippen LogP contribution is 2.32. The van der Waals surface area contributed by atoms with E-state index in [1.165, 1.54) is 12.1 Å². The molecule has 1 unspecified atom stereocenters. The van der Waals surface area contributed by atoms with E-state index in [2.05, 4.69) is 5.32 Å². The third kappa shape index (κ3) is 3.42. The molecule has 1 aromatic carbocycles. The zero-order valence-corrected chi connectivity index (χ0v) is 10.8. The van der Waals surface area contributed by atoms with Gasteiger partial charge in [-0.3, -0.25) is 14.9 Å². The highest BCUT2D eigenvalue weighted by atomic mass is 35.5. The molecule has 1 aliphatic rings. The minimum Gasteiger partial charge on any atom is -0.391 e. The van der Waals surface area contributed by atoms with Crippen LogP contribution in [0.1, 0.15) is 23.2 Å². The van der Waals surface area contributed by atoms with Gasteiger partial charge in [0, 0.05) is 17.6 Å². The molecule has 0 radical (unpaired) electrons. The summed E-state index contributed by atoms with van der Waals surface area (Å²) in [6.07, 6.45) is 1.33. The second-order valence-electron chi connectivity index (χ2n) is 4.53. The number of hydrogen-bond donors (Lipinski definition) is 2. The molecule has 1 fully saturated rings. The summed E-state index contributed by atoms with van der Waals surface area (Å²) < 4.78 is 0. The molecule has 2 rings (SSSR count). The molecule has 7 heteroatoms. The number of hydrogen-bond acceptors (Lipinski definition) is 4. The molecule has 0 saturated heterocycles. The molecule has 0 bridgehead atoms. The molecule has 0 spiro atoms. The van der Waals surface area contributed by atoms with Crippen LogP contribution in [-0.4, -0.2) is 28.6 Å². The highest BCUT2D eigenvalue weighted by Gasteiger charge is 2.30. The van der Waals surface area contributed by atoms with Gasteiger partial charge in [0.15, 0.2) is 0 Å². The fourth-order valence-electron chi connectivity index (χ4n) is 1.79. The summed E-state index contributed by atoms with van der Waals surface area (Å²) in [5, 5.41) is 23.2. The van der Waals surface area contributed by atoms with Crippen LogP contribution in [-0.2, 0) is 0 Å². The maximum Gasteiger partial charge on any atom is 0.283 e. The largest absolute Gasteiger partial charge is 0.391 e. The molecular formula is C12H13ClN2O4. The van der Waals surface area contributed by atoms with Crippen molar-refractivity contribution in [3.63, 3.8) is 0 Å². The van der Waals surface area contributed by atoms with E-state index >= 15 is 0 Å². The highest BCUT2D eigenvalue weighted by molar-refractivity contribution is 6.31. The van der Waals surface area contributed by atoms with Gasteiger partial charge in [-0.15, -0.1) is 0 Å². The number of aliphatic hydroxyl groups is 1. The van der Waals surface area contributed by atoms with E-state index in [4.69, 9.17) is 11.6 Å². The van der Waals surface area contributed by atoms with Gasteiger partial charge in [0.2, 0.25) is 0 Å². The molecule has 6 nitrogen and oxygen atoms in total. The number of nitro benzene ring substituents is 1. The number of aliphatic hydroxyl groups excluding tert-OH is 1. The molecule has 2 N–H and O–H groups in total. The average Bonchev–Trinajstić information content (AvgIpc) is 3.19. The summed E-state index contributed by atoms with van der Waals surface area (Å²) in [5.74, 6) is -0.344. The van der Waals surface area contributed by atoms with E-state index < -0.39 is 16.9 Å². The van der Waals surface area contributed by atoms with Crippen LogP contribution in [0.4, 0.5) is 5.69 Å². The van der Waals surface area contributed by atoms with Crippen molar-refractivity contribution in [2.45, 2.75) is 18.9 Å². The van der Waals surface area contributed by atoms with Crippen LogP contribution in [0.2, 0.25) is 5.02 Å². The lowest BCUT2D eigenvalue weighted by atomic mass is 10.1. The lowest BCUT2D eigenvalue weighted by Crippen LogP contribution is -2.33. The molecule has 1 aliphatic carbocycles. The standard InChI is InChI=1S/C12H13ClN2O4/c13-8-3-4-9(10(5-8)15(18)19)12(17)14-6-11(16)7-1-2-7/h3-5,7,11,16H,1-2,6H2,(H,14,17). The number of carbonyl (C=O) groups is 1. The van der Waals surface area contributed by atoms with Gasteiger partial charge in [0.25, 0.3) is 11.6 Å². The zero-order chi connectivity index (χ0) is 14.0. The van der Waals surface area contributed by atoms with Crippen LogP contribution in [0.25, 0.3) is 0 Å².